The molecule has 1 aromatic heterocycles. The van der Waals surface area contributed by atoms with Crippen LogP contribution >= 0.6 is 11.3 Å². The van der Waals surface area contributed by atoms with Gasteiger partial charge in [0.05, 0.1) is 17.6 Å². The highest BCUT2D eigenvalue weighted by atomic mass is 32.1. The number of anilines is 2. The van der Waals surface area contributed by atoms with E-state index in [9.17, 15) is 4.79 Å². The Hall–Kier alpha value is -2.08. The predicted molar refractivity (Wildman–Crippen MR) is 78.3 cm³/mol. The highest BCUT2D eigenvalue weighted by Gasteiger charge is 2.10. The highest BCUT2D eigenvalue weighted by molar-refractivity contribution is 7.09. The molecule has 0 aliphatic rings. The number of nitrogens with zero attached hydrogens (tertiary/aromatic N) is 1. The Kier molecular flexibility index (Phi) is 4.35. The van der Waals surface area contributed by atoms with Gasteiger partial charge in [0.2, 0.25) is 0 Å². The summed E-state index contributed by atoms with van der Waals surface area (Å²) in [6, 6.07) is 5.23. The van der Waals surface area contributed by atoms with Crippen molar-refractivity contribution in [1.29, 1.82) is 0 Å². The predicted octanol–water partition coefficient (Wildman–Crippen LogP) is 2.09. The molecule has 100 valence electrons. The van der Waals surface area contributed by atoms with Gasteiger partial charge in [-0.25, -0.2) is 0 Å². The Morgan fingerprint density at radius 2 is 2.32 bits per heavy atom. The molecule has 0 fully saturated rings. The summed E-state index contributed by atoms with van der Waals surface area (Å²) in [7, 11) is 0. The Morgan fingerprint density at radius 1 is 1.47 bits per heavy atom. The third-order valence-electron chi connectivity index (χ3n) is 2.56. The normalized spacial score (nSPS) is 10.2. The molecule has 0 saturated heterocycles. The molecule has 4 N–H and O–H groups in total. The van der Waals surface area contributed by atoms with E-state index in [0.29, 0.717) is 24.3 Å². The fourth-order valence-corrected chi connectivity index (χ4v) is 2.21. The molecular weight excluding hydrogens is 260 g/mol. The molecule has 1 amide bonds. The maximum atomic E-state index is 11.9. The summed E-state index contributed by atoms with van der Waals surface area (Å²) in [5.74, 6) is -0.102. The van der Waals surface area contributed by atoms with Gasteiger partial charge >= 0.3 is 0 Å². The summed E-state index contributed by atoms with van der Waals surface area (Å²) in [6.45, 7) is 3.11. The number of nitrogen functional groups attached to an aromatic ring is 1. The van der Waals surface area contributed by atoms with E-state index < -0.39 is 0 Å². The molecule has 0 aliphatic carbocycles. The van der Waals surface area contributed by atoms with Crippen LogP contribution in [0.5, 0.6) is 0 Å². The molecule has 1 heterocycles. The molecule has 0 unspecified atom stereocenters. The third kappa shape index (κ3) is 3.45. The number of amides is 1. The van der Waals surface area contributed by atoms with Gasteiger partial charge in [0, 0.05) is 29.0 Å². The van der Waals surface area contributed by atoms with Crippen molar-refractivity contribution in [3.05, 3.63) is 40.3 Å². The molecule has 2 rings (SSSR count). The molecule has 0 saturated carbocycles. The summed E-state index contributed by atoms with van der Waals surface area (Å²) >= 11 is 1.57. The lowest BCUT2D eigenvalue weighted by molar-refractivity contribution is 0.0956. The van der Waals surface area contributed by atoms with Gasteiger partial charge in [-0.2, -0.15) is 0 Å². The van der Waals surface area contributed by atoms with Gasteiger partial charge in [-0.05, 0) is 25.1 Å². The van der Waals surface area contributed by atoms with Gasteiger partial charge in [0.15, 0.2) is 0 Å². The van der Waals surface area contributed by atoms with Crippen molar-refractivity contribution in [3.63, 3.8) is 0 Å². The maximum absolute atomic E-state index is 11.9. The SMILES string of the molecule is CCNC(=O)c1ccc(N)cc1NCc1cncs1. The van der Waals surface area contributed by atoms with Crippen LogP contribution in [0.25, 0.3) is 0 Å². The number of carbonyl (C=O) groups is 1. The zero-order chi connectivity index (χ0) is 13.7. The van der Waals surface area contributed by atoms with Crippen LogP contribution in [0, 0.1) is 0 Å². The van der Waals surface area contributed by atoms with Crippen LogP contribution in [0.1, 0.15) is 22.2 Å². The topological polar surface area (TPSA) is 80.0 Å². The van der Waals surface area contributed by atoms with Crippen molar-refractivity contribution in [2.75, 3.05) is 17.6 Å². The molecule has 1 aromatic carbocycles. The molecule has 0 bridgehead atoms. The van der Waals surface area contributed by atoms with Crippen LogP contribution in [-0.4, -0.2) is 17.4 Å². The molecule has 19 heavy (non-hydrogen) atoms. The molecule has 0 aliphatic heterocycles. The zero-order valence-electron chi connectivity index (χ0n) is 10.6. The van der Waals surface area contributed by atoms with Crippen LogP contribution in [0.4, 0.5) is 11.4 Å². The average molecular weight is 276 g/mol. The van der Waals surface area contributed by atoms with E-state index in [1.54, 1.807) is 41.2 Å². The first-order valence-corrected chi connectivity index (χ1v) is 6.87. The number of carbonyl (C=O) groups excluding carboxylic acids is 1. The van der Waals surface area contributed by atoms with E-state index in [0.717, 1.165) is 10.6 Å². The Labute approximate surface area is 115 Å². The quantitative estimate of drug-likeness (QED) is 0.730. The second-order valence-electron chi connectivity index (χ2n) is 3.99. The average Bonchev–Trinajstić information content (AvgIpc) is 2.89. The number of thiazole rings is 1. The number of benzene rings is 1. The zero-order valence-corrected chi connectivity index (χ0v) is 11.5. The first-order valence-electron chi connectivity index (χ1n) is 5.99. The number of nitrogens with one attached hydrogen (secondary N) is 2. The van der Waals surface area contributed by atoms with Crippen molar-refractivity contribution in [3.8, 4) is 0 Å². The lowest BCUT2D eigenvalue weighted by Gasteiger charge is -2.12. The van der Waals surface area contributed by atoms with Crippen molar-refractivity contribution in [1.82, 2.24) is 10.3 Å². The van der Waals surface area contributed by atoms with Crippen molar-refractivity contribution in [2.45, 2.75) is 13.5 Å². The standard InChI is InChI=1S/C13H16N4OS/c1-2-16-13(18)11-4-3-9(14)5-12(11)17-7-10-6-15-8-19-10/h3-6,8,17H,2,7,14H2,1H3,(H,16,18). The minimum atomic E-state index is -0.102. The molecule has 0 atom stereocenters. The number of rotatable bonds is 5. The smallest absolute Gasteiger partial charge is 0.253 e. The number of nitrogens with two attached hydrogens (primary N) is 1. The van der Waals surface area contributed by atoms with Crippen LogP contribution < -0.4 is 16.4 Å². The van der Waals surface area contributed by atoms with Crippen LogP contribution in [-0.2, 0) is 6.54 Å². The van der Waals surface area contributed by atoms with Gasteiger partial charge < -0.3 is 16.4 Å². The Bertz CT molecular complexity index is 554. The summed E-state index contributed by atoms with van der Waals surface area (Å²) < 4.78 is 0. The summed E-state index contributed by atoms with van der Waals surface area (Å²) in [5, 5.41) is 6.01. The second-order valence-corrected chi connectivity index (χ2v) is 4.96. The summed E-state index contributed by atoms with van der Waals surface area (Å²) in [4.78, 5) is 17.1. The highest BCUT2D eigenvalue weighted by Crippen LogP contribution is 2.20. The summed E-state index contributed by atoms with van der Waals surface area (Å²) in [5.41, 5.74) is 9.51. The van der Waals surface area contributed by atoms with E-state index in [2.05, 4.69) is 15.6 Å². The minimum Gasteiger partial charge on any atom is -0.399 e. The van der Waals surface area contributed by atoms with E-state index in [1.165, 1.54) is 0 Å². The molecular formula is C13H16N4OS. The fourth-order valence-electron chi connectivity index (χ4n) is 1.67. The van der Waals surface area contributed by atoms with Crippen molar-refractivity contribution >= 4 is 28.6 Å². The van der Waals surface area contributed by atoms with E-state index in [1.807, 2.05) is 6.92 Å². The van der Waals surface area contributed by atoms with Crippen LogP contribution in [0.2, 0.25) is 0 Å². The van der Waals surface area contributed by atoms with Gasteiger partial charge in [-0.1, -0.05) is 0 Å². The number of aromatic nitrogens is 1. The third-order valence-corrected chi connectivity index (χ3v) is 3.34. The minimum absolute atomic E-state index is 0.102. The largest absolute Gasteiger partial charge is 0.399 e. The molecule has 2 aromatic rings. The van der Waals surface area contributed by atoms with E-state index in [-0.39, 0.29) is 5.91 Å². The Balaban J connectivity index is 2.17. The summed E-state index contributed by atoms with van der Waals surface area (Å²) in [6.07, 6.45) is 1.80. The van der Waals surface area contributed by atoms with Gasteiger partial charge in [-0.15, -0.1) is 11.3 Å². The molecule has 6 heteroatoms. The molecule has 5 nitrogen and oxygen atoms in total. The molecule has 0 spiro atoms. The maximum Gasteiger partial charge on any atom is 0.253 e. The van der Waals surface area contributed by atoms with E-state index in [4.69, 9.17) is 5.73 Å². The second kappa shape index (κ2) is 6.19. The van der Waals surface area contributed by atoms with Gasteiger partial charge in [0.1, 0.15) is 0 Å². The van der Waals surface area contributed by atoms with Gasteiger partial charge in [-0.3, -0.25) is 9.78 Å². The van der Waals surface area contributed by atoms with Crippen LogP contribution in [0.15, 0.2) is 29.9 Å². The van der Waals surface area contributed by atoms with Gasteiger partial charge in [0.25, 0.3) is 5.91 Å². The number of hydrogen-bond acceptors (Lipinski definition) is 5. The van der Waals surface area contributed by atoms with E-state index >= 15 is 0 Å². The number of hydrogen-bond donors (Lipinski definition) is 3. The monoisotopic (exact) mass is 276 g/mol. The van der Waals surface area contributed by atoms with Crippen LogP contribution in [0.3, 0.4) is 0 Å². The van der Waals surface area contributed by atoms with Crippen molar-refractivity contribution in [2.24, 2.45) is 0 Å². The fraction of sp³-hybridized carbons (Fsp3) is 0.231. The lowest BCUT2D eigenvalue weighted by Crippen LogP contribution is -2.23. The molecule has 0 radical (unpaired) electrons. The lowest BCUT2D eigenvalue weighted by atomic mass is 10.1. The first kappa shape index (κ1) is 13.4. The Morgan fingerprint density at radius 3 is 3.00 bits per heavy atom. The van der Waals surface area contributed by atoms with Crippen molar-refractivity contribution < 1.29 is 4.79 Å². The first-order chi connectivity index (χ1) is 9.20.